The van der Waals surface area contributed by atoms with Crippen LogP contribution in [0.25, 0.3) is 10.2 Å². The van der Waals surface area contributed by atoms with E-state index in [1.165, 1.54) is 52.9 Å². The van der Waals surface area contributed by atoms with Crippen molar-refractivity contribution in [3.8, 4) is 23.0 Å². The van der Waals surface area contributed by atoms with Crippen molar-refractivity contribution in [1.82, 2.24) is 4.98 Å². The molecule has 318 valence electrons. The van der Waals surface area contributed by atoms with Crippen molar-refractivity contribution in [2.24, 2.45) is 16.9 Å². The van der Waals surface area contributed by atoms with E-state index in [-0.39, 0.29) is 34.4 Å². The minimum Gasteiger partial charge on any atom is -0.494 e. The Labute approximate surface area is 357 Å². The first-order valence-corrected chi connectivity index (χ1v) is 22.2. The summed E-state index contributed by atoms with van der Waals surface area (Å²) in [6.45, 7) is 4.53. The Balaban J connectivity index is 1.04. The minimum absolute atomic E-state index is 0.109. The summed E-state index contributed by atoms with van der Waals surface area (Å²) in [6.07, 6.45) is 7.56. The average molecular weight is 868 g/mol. The lowest BCUT2D eigenvalue weighted by atomic mass is 9.82. The highest BCUT2D eigenvalue weighted by Crippen LogP contribution is 2.34. The number of esters is 3. The van der Waals surface area contributed by atoms with E-state index < -0.39 is 39.5 Å². The molecular weight excluding hydrogens is 823 g/mol. The largest absolute Gasteiger partial charge is 0.494 e. The summed E-state index contributed by atoms with van der Waals surface area (Å²) >= 11 is 1.26. The van der Waals surface area contributed by atoms with E-state index in [4.69, 9.17) is 23.7 Å². The maximum Gasteiger partial charge on any atom is 0.330 e. The lowest BCUT2D eigenvalue weighted by Gasteiger charge is -2.26. The highest BCUT2D eigenvalue weighted by Gasteiger charge is 2.32. The van der Waals surface area contributed by atoms with Crippen LogP contribution in [0.2, 0.25) is 0 Å². The second kappa shape index (κ2) is 21.7. The maximum absolute atomic E-state index is 13.5. The van der Waals surface area contributed by atoms with E-state index in [2.05, 4.69) is 16.7 Å². The molecule has 0 saturated heterocycles. The van der Waals surface area contributed by atoms with E-state index in [0.717, 1.165) is 36.5 Å². The first-order valence-electron chi connectivity index (χ1n) is 19.8. The van der Waals surface area contributed by atoms with Crippen molar-refractivity contribution < 1.29 is 51.3 Å². The summed E-state index contributed by atoms with van der Waals surface area (Å²) in [4.78, 5) is 53.6. The van der Waals surface area contributed by atoms with Crippen molar-refractivity contribution in [3.05, 3.63) is 115 Å². The standard InChI is InChI=1S/C45H45N3O11S2/c1-2-42(50)56-27-11-4-3-10-26-55-35-20-22-36(23-21-35)58-43(51)32-16-18-33(19-17-32)44(52)59-40-25-24-37(57-31-49)28-34(40)29-46-48(30-61(53,54)38-12-6-5-7-13-38)45-47-39-14-8-9-15-41(39)60-45/h2,5-9,12-15,20-25,28-29,31-33H,1,3-4,10-11,16-19,26-27,30H2/b46-29+. The third kappa shape index (κ3) is 12.8. The van der Waals surface area contributed by atoms with Gasteiger partial charge < -0.3 is 23.7 Å². The summed E-state index contributed by atoms with van der Waals surface area (Å²) in [5.74, 6) is -1.44. The number of hydrogen-bond donors (Lipinski definition) is 0. The molecule has 0 spiro atoms. The van der Waals surface area contributed by atoms with Gasteiger partial charge >= 0.3 is 17.9 Å². The van der Waals surface area contributed by atoms with Gasteiger partial charge in [0, 0.05) is 11.6 Å². The van der Waals surface area contributed by atoms with Gasteiger partial charge in [0.25, 0.3) is 6.47 Å². The third-order valence-corrected chi connectivity index (χ3v) is 12.4. The molecule has 0 atom stereocenters. The third-order valence-electron chi connectivity index (χ3n) is 9.76. The number of unbranched alkanes of at least 4 members (excludes halogenated alkanes) is 3. The lowest BCUT2D eigenvalue weighted by molar-refractivity contribution is -0.145. The molecule has 1 aromatic heterocycles. The van der Waals surface area contributed by atoms with Crippen molar-refractivity contribution in [3.63, 3.8) is 0 Å². The van der Waals surface area contributed by atoms with Crippen LogP contribution < -0.4 is 24.0 Å². The van der Waals surface area contributed by atoms with Crippen molar-refractivity contribution in [2.75, 3.05) is 24.1 Å². The Bertz CT molecular complexity index is 2400. The number of carbonyl (C=O) groups is 4. The monoisotopic (exact) mass is 867 g/mol. The van der Waals surface area contributed by atoms with Gasteiger partial charge in [-0.1, -0.05) is 48.2 Å². The van der Waals surface area contributed by atoms with Crippen LogP contribution in [-0.4, -0.2) is 63.1 Å². The fourth-order valence-corrected chi connectivity index (χ4v) is 8.73. The SMILES string of the molecule is C=CC(=O)OCCCCCCOc1ccc(OC(=O)C2CCC(C(=O)Oc3ccc(OC=O)cc3/C=N/N(CS(=O)(=O)c3ccccc3)c3nc4ccccc4s3)CC2)cc1. The van der Waals surface area contributed by atoms with Gasteiger partial charge in [-0.3, -0.25) is 14.4 Å². The Morgan fingerprint density at radius 2 is 1.43 bits per heavy atom. The van der Waals surface area contributed by atoms with Gasteiger partial charge in [-0.25, -0.2) is 23.2 Å². The van der Waals surface area contributed by atoms with Crippen LogP contribution in [0, 0.1) is 11.8 Å². The highest BCUT2D eigenvalue weighted by molar-refractivity contribution is 7.91. The molecule has 0 aliphatic heterocycles. The number of hydrazone groups is 1. The smallest absolute Gasteiger partial charge is 0.330 e. The molecule has 1 saturated carbocycles. The molecule has 1 heterocycles. The van der Waals surface area contributed by atoms with Crippen LogP contribution in [0.4, 0.5) is 5.13 Å². The summed E-state index contributed by atoms with van der Waals surface area (Å²) in [6, 6.07) is 26.6. The first kappa shape index (κ1) is 44.2. The number of nitrogens with zero attached hydrogens (tertiary/aromatic N) is 3. The van der Waals surface area contributed by atoms with Crippen molar-refractivity contribution >= 4 is 67.1 Å². The number of hydrogen-bond acceptors (Lipinski definition) is 15. The molecule has 1 aliphatic carbocycles. The summed E-state index contributed by atoms with van der Waals surface area (Å²) < 4.78 is 55.2. The number of carbonyl (C=O) groups excluding carboxylic acids is 4. The predicted octanol–water partition coefficient (Wildman–Crippen LogP) is 8.09. The number of benzene rings is 4. The predicted molar refractivity (Wildman–Crippen MR) is 230 cm³/mol. The van der Waals surface area contributed by atoms with Gasteiger partial charge in [0.05, 0.1) is 46.4 Å². The van der Waals surface area contributed by atoms with Gasteiger partial charge in [0.2, 0.25) is 5.13 Å². The number of ether oxygens (including phenoxy) is 5. The zero-order valence-corrected chi connectivity index (χ0v) is 34.9. The van der Waals surface area contributed by atoms with E-state index in [1.807, 2.05) is 24.3 Å². The number of rotatable bonds is 21. The second-order valence-corrected chi connectivity index (χ2v) is 17.0. The molecular formula is C45H45N3O11S2. The van der Waals surface area contributed by atoms with Gasteiger partial charge in [0.15, 0.2) is 15.7 Å². The molecule has 14 nitrogen and oxygen atoms in total. The highest BCUT2D eigenvalue weighted by atomic mass is 32.2. The van der Waals surface area contributed by atoms with Crippen LogP contribution in [0.3, 0.4) is 0 Å². The average Bonchev–Trinajstić information content (AvgIpc) is 3.72. The second-order valence-electron chi connectivity index (χ2n) is 14.1. The fraction of sp³-hybridized carbons (Fsp3) is 0.289. The molecule has 0 bridgehead atoms. The summed E-state index contributed by atoms with van der Waals surface area (Å²) in [5, 5.41) is 6.10. The molecule has 0 N–H and O–H groups in total. The number of sulfone groups is 1. The van der Waals surface area contributed by atoms with Gasteiger partial charge in [-0.2, -0.15) is 5.10 Å². The molecule has 1 aliphatic rings. The Kier molecular flexibility index (Phi) is 15.7. The van der Waals surface area contributed by atoms with Crippen LogP contribution in [0.5, 0.6) is 23.0 Å². The van der Waals surface area contributed by atoms with E-state index in [0.29, 0.717) is 61.0 Å². The summed E-state index contributed by atoms with van der Waals surface area (Å²) in [5.41, 5.74) is 0.909. The van der Waals surface area contributed by atoms with Gasteiger partial charge in [-0.05, 0) is 118 Å². The number of aromatic nitrogens is 1. The van der Waals surface area contributed by atoms with Crippen molar-refractivity contribution in [1.29, 1.82) is 0 Å². The van der Waals surface area contributed by atoms with Gasteiger partial charge in [0.1, 0.15) is 23.0 Å². The zero-order chi connectivity index (χ0) is 43.0. The normalized spacial score (nSPS) is 15.1. The topological polar surface area (TPSA) is 177 Å². The summed E-state index contributed by atoms with van der Waals surface area (Å²) in [7, 11) is -3.88. The van der Waals surface area contributed by atoms with E-state index >= 15 is 0 Å². The molecule has 0 unspecified atom stereocenters. The number of thiazole rings is 1. The number of para-hydroxylation sites is 1. The molecule has 61 heavy (non-hydrogen) atoms. The van der Waals surface area contributed by atoms with Crippen LogP contribution in [-0.2, 0) is 33.8 Å². The molecule has 16 heteroatoms. The molecule has 4 aromatic carbocycles. The Hall–Kier alpha value is -6.39. The molecule has 1 fully saturated rings. The molecule has 0 radical (unpaired) electrons. The van der Waals surface area contributed by atoms with Crippen LogP contribution >= 0.6 is 11.3 Å². The van der Waals surface area contributed by atoms with Crippen molar-refractivity contribution in [2.45, 2.75) is 56.3 Å². The lowest BCUT2D eigenvalue weighted by Crippen LogP contribution is -2.30. The Morgan fingerprint density at radius 3 is 2.11 bits per heavy atom. The first-order chi connectivity index (χ1) is 29.6. The quantitative estimate of drug-likeness (QED) is 0.0132. The fourth-order valence-electron chi connectivity index (χ4n) is 6.49. The molecule has 6 rings (SSSR count). The van der Waals surface area contributed by atoms with Gasteiger partial charge in [-0.15, -0.1) is 0 Å². The number of anilines is 1. The number of fused-ring (bicyclic) bond motifs is 1. The van der Waals surface area contributed by atoms with E-state index in [1.54, 1.807) is 42.5 Å². The van der Waals surface area contributed by atoms with Crippen LogP contribution in [0.1, 0.15) is 56.9 Å². The molecule has 5 aromatic rings. The maximum atomic E-state index is 13.5. The van der Waals surface area contributed by atoms with E-state index in [9.17, 15) is 27.6 Å². The minimum atomic E-state index is -3.88. The van der Waals surface area contributed by atoms with Crippen LogP contribution in [0.15, 0.2) is 120 Å². The zero-order valence-electron chi connectivity index (χ0n) is 33.3. The molecule has 0 amide bonds. The Morgan fingerprint density at radius 1 is 0.787 bits per heavy atom.